The average molecular weight is 219 g/mol. The third-order valence-corrected chi connectivity index (χ3v) is 1.77. The van der Waals surface area contributed by atoms with E-state index in [1.165, 1.54) is 12.3 Å². The number of aromatic nitrogens is 1. The molecule has 0 saturated carbocycles. The fourth-order valence-electron chi connectivity index (χ4n) is 1.03. The molecule has 0 radical (unpaired) electrons. The van der Waals surface area contributed by atoms with Crippen LogP contribution in [0.5, 0.6) is 0 Å². The summed E-state index contributed by atoms with van der Waals surface area (Å²) < 4.78 is 36.4. The Bertz CT molecular complexity index is 294. The van der Waals surface area contributed by atoms with Crippen LogP contribution >= 0.6 is 0 Å². The molecule has 1 heterocycles. The van der Waals surface area contributed by atoms with Gasteiger partial charge in [-0.1, -0.05) is 6.07 Å². The van der Waals surface area contributed by atoms with Crippen molar-refractivity contribution in [3.05, 3.63) is 29.6 Å². The molecule has 6 heteroatoms. The lowest BCUT2D eigenvalue weighted by Gasteiger charge is -2.06. The Balaban J connectivity index is 2.57. The number of halogens is 3. The minimum atomic E-state index is -4.37. The molecule has 0 aromatic carbocycles. The van der Waals surface area contributed by atoms with E-state index < -0.39 is 11.9 Å². The predicted octanol–water partition coefficient (Wildman–Crippen LogP) is 1.15. The number of hydrogen-bond acceptors (Lipinski definition) is 3. The number of nitrogens with one attached hydrogen (secondary N) is 1. The van der Waals surface area contributed by atoms with Gasteiger partial charge in [-0.25, -0.2) is 0 Å². The summed E-state index contributed by atoms with van der Waals surface area (Å²) in [6.07, 6.45) is -3.16. The van der Waals surface area contributed by atoms with Crippen LogP contribution in [0.4, 0.5) is 13.2 Å². The Kier molecular flexibility index (Phi) is 4.05. The molecule has 0 fully saturated rings. The first-order valence-electron chi connectivity index (χ1n) is 4.47. The van der Waals surface area contributed by atoms with Crippen molar-refractivity contribution in [3.8, 4) is 0 Å². The predicted molar refractivity (Wildman–Crippen MR) is 50.0 cm³/mol. The van der Waals surface area contributed by atoms with Gasteiger partial charge in [-0.15, -0.1) is 0 Å². The highest BCUT2D eigenvalue weighted by atomic mass is 19.4. The maximum absolute atomic E-state index is 12.1. The highest BCUT2D eigenvalue weighted by Gasteiger charge is 2.31. The molecule has 0 atom stereocenters. The maximum atomic E-state index is 12.1. The lowest BCUT2D eigenvalue weighted by atomic mass is 10.2. The highest BCUT2D eigenvalue weighted by molar-refractivity contribution is 5.15. The molecule has 3 nitrogen and oxygen atoms in total. The number of pyridine rings is 1. The molecule has 0 bridgehead atoms. The quantitative estimate of drug-likeness (QED) is 0.747. The molecule has 1 aromatic rings. The molecular formula is C9H12F3N3. The van der Waals surface area contributed by atoms with Gasteiger partial charge in [-0.2, -0.15) is 13.2 Å². The largest absolute Gasteiger partial charge is 0.433 e. The number of alkyl halides is 3. The van der Waals surface area contributed by atoms with Crippen molar-refractivity contribution in [2.24, 2.45) is 5.73 Å². The third-order valence-electron chi connectivity index (χ3n) is 1.77. The summed E-state index contributed by atoms with van der Waals surface area (Å²) in [5, 5.41) is 2.96. The zero-order valence-electron chi connectivity index (χ0n) is 8.01. The lowest BCUT2D eigenvalue weighted by Crippen LogP contribution is -2.22. The highest BCUT2D eigenvalue weighted by Crippen LogP contribution is 2.27. The topological polar surface area (TPSA) is 50.9 Å². The molecule has 3 N–H and O–H groups in total. The van der Waals surface area contributed by atoms with Crippen molar-refractivity contribution in [3.63, 3.8) is 0 Å². The first-order chi connectivity index (χ1) is 7.04. The van der Waals surface area contributed by atoms with E-state index in [0.717, 1.165) is 6.07 Å². The van der Waals surface area contributed by atoms with Crippen LogP contribution < -0.4 is 11.1 Å². The van der Waals surface area contributed by atoms with Crippen LogP contribution in [-0.4, -0.2) is 18.1 Å². The van der Waals surface area contributed by atoms with Gasteiger partial charge in [-0.05, 0) is 11.6 Å². The summed E-state index contributed by atoms with van der Waals surface area (Å²) in [5.74, 6) is 0. The molecule has 0 spiro atoms. The lowest BCUT2D eigenvalue weighted by molar-refractivity contribution is -0.141. The molecule has 0 aliphatic carbocycles. The van der Waals surface area contributed by atoms with Crippen LogP contribution in [-0.2, 0) is 12.7 Å². The third kappa shape index (κ3) is 3.85. The van der Waals surface area contributed by atoms with E-state index in [1.807, 2.05) is 0 Å². The molecular weight excluding hydrogens is 207 g/mol. The van der Waals surface area contributed by atoms with E-state index in [-0.39, 0.29) is 0 Å². The Morgan fingerprint density at radius 1 is 1.33 bits per heavy atom. The van der Waals surface area contributed by atoms with Crippen LogP contribution in [0, 0.1) is 0 Å². The number of rotatable bonds is 4. The van der Waals surface area contributed by atoms with Gasteiger partial charge in [0, 0.05) is 25.8 Å². The van der Waals surface area contributed by atoms with Crippen LogP contribution in [0.1, 0.15) is 11.3 Å². The Labute approximate surface area is 85.5 Å². The summed E-state index contributed by atoms with van der Waals surface area (Å²) in [6, 6.07) is 2.37. The van der Waals surface area contributed by atoms with Gasteiger partial charge in [-0.3, -0.25) is 4.98 Å². The van der Waals surface area contributed by atoms with Crippen molar-refractivity contribution >= 4 is 0 Å². The molecule has 1 rings (SSSR count). The van der Waals surface area contributed by atoms with Crippen molar-refractivity contribution in [1.29, 1.82) is 0 Å². The first-order valence-corrected chi connectivity index (χ1v) is 4.47. The molecule has 0 unspecified atom stereocenters. The first kappa shape index (κ1) is 11.9. The van der Waals surface area contributed by atoms with E-state index in [2.05, 4.69) is 10.3 Å². The van der Waals surface area contributed by atoms with Crippen molar-refractivity contribution in [1.82, 2.24) is 10.3 Å². The number of nitrogens with two attached hydrogens (primary N) is 1. The van der Waals surface area contributed by atoms with Gasteiger partial charge in [0.25, 0.3) is 0 Å². The van der Waals surface area contributed by atoms with Crippen molar-refractivity contribution in [2.45, 2.75) is 12.7 Å². The van der Waals surface area contributed by atoms with Crippen LogP contribution in [0.3, 0.4) is 0 Å². The Hall–Kier alpha value is -1.14. The maximum Gasteiger partial charge on any atom is 0.433 e. The second kappa shape index (κ2) is 5.09. The molecule has 0 amide bonds. The smallest absolute Gasteiger partial charge is 0.329 e. The normalized spacial score (nSPS) is 11.7. The monoisotopic (exact) mass is 219 g/mol. The SMILES string of the molecule is NCCNCc1ccc(C(F)(F)F)nc1. The number of hydrogen-bond donors (Lipinski definition) is 2. The molecule has 1 aromatic heterocycles. The zero-order valence-corrected chi connectivity index (χ0v) is 8.01. The molecule has 0 saturated heterocycles. The van der Waals surface area contributed by atoms with Crippen molar-refractivity contribution in [2.75, 3.05) is 13.1 Å². The number of nitrogens with zero attached hydrogens (tertiary/aromatic N) is 1. The van der Waals surface area contributed by atoms with Crippen LogP contribution in [0.25, 0.3) is 0 Å². The summed E-state index contributed by atoms with van der Waals surface area (Å²) >= 11 is 0. The molecule has 0 aliphatic rings. The standard InChI is InChI=1S/C9H12F3N3/c10-9(11,12)8-2-1-7(6-15-8)5-14-4-3-13/h1-2,6,14H,3-5,13H2. The second-order valence-corrected chi connectivity index (χ2v) is 3.01. The summed E-state index contributed by atoms with van der Waals surface area (Å²) in [6.45, 7) is 1.59. The molecule has 0 aliphatic heterocycles. The Morgan fingerprint density at radius 2 is 2.07 bits per heavy atom. The summed E-state index contributed by atoms with van der Waals surface area (Å²) in [4.78, 5) is 3.33. The van der Waals surface area contributed by atoms with Crippen LogP contribution in [0.15, 0.2) is 18.3 Å². The minimum Gasteiger partial charge on any atom is -0.329 e. The summed E-state index contributed by atoms with van der Waals surface area (Å²) in [7, 11) is 0. The van der Waals surface area contributed by atoms with Gasteiger partial charge in [0.2, 0.25) is 0 Å². The second-order valence-electron chi connectivity index (χ2n) is 3.01. The van der Waals surface area contributed by atoms with Gasteiger partial charge < -0.3 is 11.1 Å². The fourth-order valence-corrected chi connectivity index (χ4v) is 1.03. The van der Waals surface area contributed by atoms with Crippen LogP contribution in [0.2, 0.25) is 0 Å². The molecule has 84 valence electrons. The van der Waals surface area contributed by atoms with Gasteiger partial charge in [0.15, 0.2) is 0 Å². The minimum absolute atomic E-state index is 0.475. The van der Waals surface area contributed by atoms with Gasteiger partial charge in [0.05, 0.1) is 0 Å². The van der Waals surface area contributed by atoms with Gasteiger partial charge >= 0.3 is 6.18 Å². The van der Waals surface area contributed by atoms with E-state index in [4.69, 9.17) is 5.73 Å². The van der Waals surface area contributed by atoms with E-state index in [9.17, 15) is 13.2 Å². The van der Waals surface area contributed by atoms with E-state index in [0.29, 0.717) is 25.2 Å². The van der Waals surface area contributed by atoms with Crippen molar-refractivity contribution < 1.29 is 13.2 Å². The Morgan fingerprint density at radius 3 is 2.53 bits per heavy atom. The van der Waals surface area contributed by atoms with Gasteiger partial charge in [0.1, 0.15) is 5.69 Å². The van der Waals surface area contributed by atoms with E-state index in [1.54, 1.807) is 0 Å². The fraction of sp³-hybridized carbons (Fsp3) is 0.444. The summed E-state index contributed by atoms with van der Waals surface area (Å²) in [5.41, 5.74) is 5.08. The van der Waals surface area contributed by atoms with E-state index >= 15 is 0 Å². The average Bonchev–Trinajstić information content (AvgIpc) is 2.18. The zero-order chi connectivity index (χ0) is 11.3. The molecule has 15 heavy (non-hydrogen) atoms.